The largest absolute Gasteiger partial charge is 0.467 e. The first-order chi connectivity index (χ1) is 8.91. The summed E-state index contributed by atoms with van der Waals surface area (Å²) in [5, 5.41) is 2.54. The molecule has 1 heterocycles. The monoisotopic (exact) mass is 267 g/mol. The van der Waals surface area contributed by atoms with Gasteiger partial charge in [0.2, 0.25) is 11.8 Å². The van der Waals surface area contributed by atoms with E-state index in [0.717, 1.165) is 0 Å². The summed E-state index contributed by atoms with van der Waals surface area (Å²) >= 11 is 0. The van der Waals surface area contributed by atoms with Gasteiger partial charge in [-0.25, -0.2) is 0 Å². The van der Waals surface area contributed by atoms with Crippen molar-refractivity contribution in [3.63, 3.8) is 0 Å². The maximum Gasteiger partial charge on any atom is 0.242 e. The van der Waals surface area contributed by atoms with E-state index in [-0.39, 0.29) is 24.3 Å². The lowest BCUT2D eigenvalue weighted by Crippen LogP contribution is -2.47. The average Bonchev–Trinajstić information content (AvgIpc) is 2.86. The van der Waals surface area contributed by atoms with Crippen LogP contribution in [0.4, 0.5) is 0 Å². The maximum absolute atomic E-state index is 11.8. The highest BCUT2D eigenvalue weighted by Gasteiger charge is 2.18. The van der Waals surface area contributed by atoms with Crippen molar-refractivity contribution in [3.8, 4) is 0 Å². The van der Waals surface area contributed by atoms with E-state index in [1.54, 1.807) is 25.4 Å². The Morgan fingerprint density at radius 1 is 1.47 bits per heavy atom. The Balaban J connectivity index is 2.36. The number of carbonyl (C=O) groups is 2. The minimum atomic E-state index is -0.594. The van der Waals surface area contributed by atoms with Gasteiger partial charge in [0.05, 0.1) is 25.4 Å². The maximum atomic E-state index is 11.8. The zero-order chi connectivity index (χ0) is 14.4. The SMILES string of the molecule is CC(C)[C@H](N)C(=O)NCC(=O)N(C)Cc1ccco1. The fourth-order valence-electron chi connectivity index (χ4n) is 1.44. The van der Waals surface area contributed by atoms with E-state index < -0.39 is 6.04 Å². The van der Waals surface area contributed by atoms with E-state index >= 15 is 0 Å². The van der Waals surface area contributed by atoms with Crippen LogP contribution >= 0.6 is 0 Å². The van der Waals surface area contributed by atoms with Gasteiger partial charge in [0.25, 0.3) is 0 Å². The lowest BCUT2D eigenvalue weighted by Gasteiger charge is -2.18. The van der Waals surface area contributed by atoms with Gasteiger partial charge in [-0.3, -0.25) is 9.59 Å². The van der Waals surface area contributed by atoms with E-state index in [1.165, 1.54) is 4.90 Å². The Labute approximate surface area is 112 Å². The lowest BCUT2D eigenvalue weighted by atomic mass is 10.1. The van der Waals surface area contributed by atoms with Gasteiger partial charge in [0.15, 0.2) is 0 Å². The van der Waals surface area contributed by atoms with Crippen LogP contribution in [0.5, 0.6) is 0 Å². The fourth-order valence-corrected chi connectivity index (χ4v) is 1.44. The average molecular weight is 267 g/mol. The highest BCUT2D eigenvalue weighted by atomic mass is 16.3. The summed E-state index contributed by atoms with van der Waals surface area (Å²) in [7, 11) is 1.65. The van der Waals surface area contributed by atoms with Gasteiger partial charge in [0, 0.05) is 7.05 Å². The molecule has 6 heteroatoms. The molecule has 0 saturated heterocycles. The predicted molar refractivity (Wildman–Crippen MR) is 71.0 cm³/mol. The Morgan fingerprint density at radius 3 is 2.68 bits per heavy atom. The van der Waals surface area contributed by atoms with Gasteiger partial charge in [-0.15, -0.1) is 0 Å². The molecule has 6 nitrogen and oxygen atoms in total. The molecule has 2 amide bonds. The number of carbonyl (C=O) groups excluding carboxylic acids is 2. The van der Waals surface area contributed by atoms with Gasteiger partial charge < -0.3 is 20.4 Å². The van der Waals surface area contributed by atoms with E-state index in [9.17, 15) is 9.59 Å². The van der Waals surface area contributed by atoms with Crippen LogP contribution in [-0.4, -0.2) is 36.3 Å². The summed E-state index contributed by atoms with van der Waals surface area (Å²) in [4.78, 5) is 24.9. The molecule has 0 saturated carbocycles. The summed E-state index contributed by atoms with van der Waals surface area (Å²) in [6, 6.07) is 2.96. The number of rotatable bonds is 6. The summed E-state index contributed by atoms with van der Waals surface area (Å²) < 4.78 is 5.15. The number of hydrogen-bond acceptors (Lipinski definition) is 4. The minimum absolute atomic E-state index is 0.0379. The number of nitrogens with one attached hydrogen (secondary N) is 1. The van der Waals surface area contributed by atoms with Crippen LogP contribution in [0.25, 0.3) is 0 Å². The predicted octanol–water partition coefficient (Wildman–Crippen LogP) is 0.338. The van der Waals surface area contributed by atoms with Gasteiger partial charge in [0.1, 0.15) is 5.76 Å². The second kappa shape index (κ2) is 6.94. The van der Waals surface area contributed by atoms with Crippen molar-refractivity contribution in [1.82, 2.24) is 10.2 Å². The smallest absolute Gasteiger partial charge is 0.242 e. The summed E-state index contributed by atoms with van der Waals surface area (Å²) in [5.74, 6) is 0.229. The highest BCUT2D eigenvalue weighted by Crippen LogP contribution is 2.03. The molecule has 0 aliphatic carbocycles. The second-order valence-electron chi connectivity index (χ2n) is 4.82. The zero-order valence-electron chi connectivity index (χ0n) is 11.6. The zero-order valence-corrected chi connectivity index (χ0v) is 11.6. The molecule has 19 heavy (non-hydrogen) atoms. The first-order valence-electron chi connectivity index (χ1n) is 6.21. The van der Waals surface area contributed by atoms with Crippen molar-refractivity contribution in [2.24, 2.45) is 11.7 Å². The first kappa shape index (κ1) is 15.2. The summed E-state index contributed by atoms with van der Waals surface area (Å²) in [6.45, 7) is 4.03. The van der Waals surface area contributed by atoms with Crippen LogP contribution in [0.2, 0.25) is 0 Å². The number of amides is 2. The second-order valence-corrected chi connectivity index (χ2v) is 4.82. The first-order valence-corrected chi connectivity index (χ1v) is 6.21. The molecule has 0 aromatic carbocycles. The standard InChI is InChI=1S/C13H21N3O3/c1-9(2)12(14)13(18)15-7-11(17)16(3)8-10-5-4-6-19-10/h4-6,9,12H,7-8,14H2,1-3H3,(H,15,18)/t12-/m0/s1. The molecule has 0 aliphatic heterocycles. The van der Waals surface area contributed by atoms with Crippen molar-refractivity contribution in [2.45, 2.75) is 26.4 Å². The van der Waals surface area contributed by atoms with Crippen LogP contribution in [0.3, 0.4) is 0 Å². The van der Waals surface area contributed by atoms with Gasteiger partial charge >= 0.3 is 0 Å². The molecule has 0 aliphatic rings. The molecular formula is C13H21N3O3. The molecule has 1 aromatic rings. The number of nitrogens with two attached hydrogens (primary N) is 1. The van der Waals surface area contributed by atoms with Crippen molar-refractivity contribution in [2.75, 3.05) is 13.6 Å². The summed E-state index contributed by atoms with van der Waals surface area (Å²) in [6.07, 6.45) is 1.55. The van der Waals surface area contributed by atoms with Crippen LogP contribution in [0, 0.1) is 5.92 Å². The van der Waals surface area contributed by atoms with Crippen LogP contribution in [0.15, 0.2) is 22.8 Å². The van der Waals surface area contributed by atoms with E-state index in [0.29, 0.717) is 12.3 Å². The number of hydrogen-bond donors (Lipinski definition) is 2. The molecule has 0 fully saturated rings. The van der Waals surface area contributed by atoms with Crippen molar-refractivity contribution >= 4 is 11.8 Å². The van der Waals surface area contributed by atoms with Gasteiger partial charge in [-0.2, -0.15) is 0 Å². The van der Waals surface area contributed by atoms with Crippen molar-refractivity contribution in [1.29, 1.82) is 0 Å². The number of furan rings is 1. The Kier molecular flexibility index (Phi) is 5.57. The lowest BCUT2D eigenvalue weighted by molar-refractivity contribution is -0.133. The molecule has 1 rings (SSSR count). The fraction of sp³-hybridized carbons (Fsp3) is 0.538. The minimum Gasteiger partial charge on any atom is -0.467 e. The molecule has 0 radical (unpaired) electrons. The molecule has 1 atom stereocenters. The number of nitrogens with zero attached hydrogens (tertiary/aromatic N) is 1. The molecule has 106 valence electrons. The third-order valence-electron chi connectivity index (χ3n) is 2.83. The van der Waals surface area contributed by atoms with Crippen LogP contribution in [-0.2, 0) is 16.1 Å². The van der Waals surface area contributed by atoms with E-state index in [4.69, 9.17) is 10.2 Å². The normalized spacial score (nSPS) is 12.3. The molecule has 1 aromatic heterocycles. The summed E-state index contributed by atoms with van der Waals surface area (Å²) in [5.41, 5.74) is 5.68. The van der Waals surface area contributed by atoms with Crippen LogP contribution in [0.1, 0.15) is 19.6 Å². The topological polar surface area (TPSA) is 88.6 Å². The van der Waals surface area contributed by atoms with Crippen LogP contribution < -0.4 is 11.1 Å². The Morgan fingerprint density at radius 2 is 2.16 bits per heavy atom. The molecular weight excluding hydrogens is 246 g/mol. The molecule has 0 unspecified atom stereocenters. The molecule has 0 bridgehead atoms. The third-order valence-corrected chi connectivity index (χ3v) is 2.83. The highest BCUT2D eigenvalue weighted by molar-refractivity contribution is 5.87. The van der Waals surface area contributed by atoms with Gasteiger partial charge in [-0.1, -0.05) is 13.8 Å². The van der Waals surface area contributed by atoms with Crippen molar-refractivity contribution < 1.29 is 14.0 Å². The van der Waals surface area contributed by atoms with Gasteiger partial charge in [-0.05, 0) is 18.1 Å². The Bertz CT molecular complexity index is 415. The molecule has 0 spiro atoms. The van der Waals surface area contributed by atoms with Crippen molar-refractivity contribution in [3.05, 3.63) is 24.2 Å². The Hall–Kier alpha value is -1.82. The quantitative estimate of drug-likeness (QED) is 0.777. The van der Waals surface area contributed by atoms with E-state index in [2.05, 4.69) is 5.32 Å². The third kappa shape index (κ3) is 4.75. The number of likely N-dealkylation sites (N-methyl/N-ethyl adjacent to an activating group) is 1. The molecule has 3 N–H and O–H groups in total. The van der Waals surface area contributed by atoms with E-state index in [1.807, 2.05) is 13.8 Å².